The number of unbranched alkanes of at least 4 members (excludes halogenated alkanes) is 1. The maximum Gasteiger partial charge on any atom is 0.191 e. The second-order valence-corrected chi connectivity index (χ2v) is 7.88. The summed E-state index contributed by atoms with van der Waals surface area (Å²) in [4.78, 5) is 9.31. The van der Waals surface area contributed by atoms with Crippen LogP contribution in [0, 0.1) is 6.92 Å². The first kappa shape index (κ1) is 24.3. The van der Waals surface area contributed by atoms with E-state index >= 15 is 0 Å². The van der Waals surface area contributed by atoms with Gasteiger partial charge in [0.15, 0.2) is 5.96 Å². The fourth-order valence-electron chi connectivity index (χ4n) is 3.07. The number of aromatic nitrogens is 3. The van der Waals surface area contributed by atoms with E-state index < -0.39 is 0 Å². The number of aryl methyl sites for hydroxylation is 2. The molecule has 0 aliphatic heterocycles. The van der Waals surface area contributed by atoms with Crippen LogP contribution < -0.4 is 10.6 Å². The van der Waals surface area contributed by atoms with Crippen LogP contribution in [0.1, 0.15) is 41.6 Å². The van der Waals surface area contributed by atoms with Gasteiger partial charge in [0.2, 0.25) is 0 Å². The molecular weight excluding hydrogens is 507 g/mol. The van der Waals surface area contributed by atoms with Gasteiger partial charge < -0.3 is 10.6 Å². The van der Waals surface area contributed by atoms with Crippen LogP contribution in [0.5, 0.6) is 0 Å². The zero-order valence-electron chi connectivity index (χ0n) is 17.7. The molecule has 2 heterocycles. The highest BCUT2D eigenvalue weighted by Crippen LogP contribution is 2.12. The van der Waals surface area contributed by atoms with Gasteiger partial charge in [-0.1, -0.05) is 24.3 Å². The average Bonchev–Trinajstić information content (AvgIpc) is 3.38. The van der Waals surface area contributed by atoms with Gasteiger partial charge in [-0.3, -0.25) is 4.68 Å². The fourth-order valence-corrected chi connectivity index (χ4v) is 3.88. The van der Waals surface area contributed by atoms with Crippen molar-refractivity contribution in [3.05, 3.63) is 69.9 Å². The molecule has 3 aromatic rings. The van der Waals surface area contributed by atoms with Gasteiger partial charge >= 0.3 is 0 Å². The highest BCUT2D eigenvalue weighted by Gasteiger charge is 2.04. The van der Waals surface area contributed by atoms with Crippen LogP contribution in [-0.2, 0) is 19.5 Å². The van der Waals surface area contributed by atoms with Crippen LogP contribution in [0.15, 0.2) is 53.1 Å². The lowest BCUT2D eigenvalue weighted by molar-refractivity contribution is 0.679. The molecule has 30 heavy (non-hydrogen) atoms. The summed E-state index contributed by atoms with van der Waals surface area (Å²) in [7, 11) is 0. The Morgan fingerprint density at radius 2 is 1.97 bits per heavy atom. The third-order valence-corrected chi connectivity index (χ3v) is 5.56. The molecule has 2 aromatic heterocycles. The summed E-state index contributed by atoms with van der Waals surface area (Å²) >= 11 is 1.76. The van der Waals surface area contributed by atoms with Gasteiger partial charge in [0, 0.05) is 36.6 Å². The van der Waals surface area contributed by atoms with Crippen LogP contribution in [0.25, 0.3) is 0 Å². The Morgan fingerprint density at radius 1 is 1.13 bits per heavy atom. The van der Waals surface area contributed by atoms with Crippen molar-refractivity contribution in [2.45, 2.75) is 46.2 Å². The number of hydrogen-bond acceptors (Lipinski definition) is 4. The number of nitrogens with zero attached hydrogens (tertiary/aromatic N) is 4. The summed E-state index contributed by atoms with van der Waals surface area (Å²) in [5.74, 6) is 0.867. The van der Waals surface area contributed by atoms with Crippen molar-refractivity contribution in [3.63, 3.8) is 0 Å². The standard InChI is InChI=1S/C22H30N6S.HI/c1-3-23-22(24-12-7-6-11-21-27-18(2)17-29-21)25-15-19-9-4-5-10-20(19)16-28-14-8-13-26-28;/h4-5,8-10,13-14,17H,3,6-7,11-12,15-16H2,1-2H3,(H2,23,24,25);1H. The van der Waals surface area contributed by atoms with Gasteiger partial charge in [-0.25, -0.2) is 9.98 Å². The Morgan fingerprint density at radius 3 is 2.67 bits per heavy atom. The predicted octanol–water partition coefficient (Wildman–Crippen LogP) is 4.39. The number of hydrogen-bond donors (Lipinski definition) is 2. The molecule has 0 saturated carbocycles. The zero-order chi connectivity index (χ0) is 20.3. The van der Waals surface area contributed by atoms with Gasteiger partial charge in [0.05, 0.1) is 18.1 Å². The first-order chi connectivity index (χ1) is 14.2. The molecular formula is C22H31IN6S. The van der Waals surface area contributed by atoms with E-state index in [-0.39, 0.29) is 24.0 Å². The van der Waals surface area contributed by atoms with Crippen LogP contribution in [0.2, 0.25) is 0 Å². The largest absolute Gasteiger partial charge is 0.357 e. The molecule has 0 fully saturated rings. The normalized spacial score (nSPS) is 11.2. The highest BCUT2D eigenvalue weighted by molar-refractivity contribution is 14.0. The monoisotopic (exact) mass is 538 g/mol. The van der Waals surface area contributed by atoms with E-state index in [9.17, 15) is 0 Å². The first-order valence-corrected chi connectivity index (χ1v) is 11.1. The van der Waals surface area contributed by atoms with Crippen LogP contribution in [0.3, 0.4) is 0 Å². The Hall–Kier alpha value is -1.94. The molecule has 3 rings (SSSR count). The summed E-state index contributed by atoms with van der Waals surface area (Å²) < 4.78 is 1.94. The van der Waals surface area contributed by atoms with Crippen molar-refractivity contribution in [2.24, 2.45) is 4.99 Å². The highest BCUT2D eigenvalue weighted by atomic mass is 127. The van der Waals surface area contributed by atoms with Crippen LogP contribution in [0.4, 0.5) is 0 Å². The Kier molecular flexibility index (Phi) is 10.9. The average molecular weight is 539 g/mol. The zero-order valence-corrected chi connectivity index (χ0v) is 20.8. The molecule has 0 unspecified atom stereocenters. The molecule has 0 radical (unpaired) electrons. The lowest BCUT2D eigenvalue weighted by Gasteiger charge is -2.12. The SMILES string of the molecule is CCNC(=NCc1ccccc1Cn1cccn1)NCCCCc1nc(C)cs1.I. The van der Waals surface area contributed by atoms with E-state index in [1.165, 1.54) is 16.1 Å². The summed E-state index contributed by atoms with van der Waals surface area (Å²) in [6.45, 7) is 7.30. The summed E-state index contributed by atoms with van der Waals surface area (Å²) in [5.41, 5.74) is 3.59. The summed E-state index contributed by atoms with van der Waals surface area (Å²) in [6.07, 6.45) is 7.07. The number of thiazole rings is 1. The first-order valence-electron chi connectivity index (χ1n) is 10.2. The smallest absolute Gasteiger partial charge is 0.191 e. The van der Waals surface area contributed by atoms with Crippen LogP contribution in [-0.4, -0.2) is 33.8 Å². The van der Waals surface area contributed by atoms with Crippen molar-refractivity contribution >= 4 is 41.3 Å². The van der Waals surface area contributed by atoms with Gasteiger partial charge in [-0.2, -0.15) is 5.10 Å². The maximum absolute atomic E-state index is 4.79. The van der Waals surface area contributed by atoms with Gasteiger partial charge in [-0.05, 0) is 50.3 Å². The number of rotatable bonds is 10. The van der Waals surface area contributed by atoms with Crippen molar-refractivity contribution in [2.75, 3.05) is 13.1 Å². The minimum atomic E-state index is 0. The lowest BCUT2D eigenvalue weighted by Crippen LogP contribution is -2.37. The third-order valence-electron chi connectivity index (χ3n) is 4.54. The predicted molar refractivity (Wildman–Crippen MR) is 136 cm³/mol. The molecule has 0 spiro atoms. The van der Waals surface area contributed by atoms with E-state index in [0.717, 1.165) is 50.6 Å². The van der Waals surface area contributed by atoms with Gasteiger partial charge in [0.25, 0.3) is 0 Å². The van der Waals surface area contributed by atoms with E-state index in [1.54, 1.807) is 11.3 Å². The molecule has 0 bridgehead atoms. The van der Waals surface area contributed by atoms with Crippen LogP contribution >= 0.6 is 35.3 Å². The molecule has 0 atom stereocenters. The number of guanidine groups is 1. The van der Waals surface area contributed by atoms with Crippen molar-refractivity contribution in [3.8, 4) is 0 Å². The van der Waals surface area contributed by atoms with Crippen molar-refractivity contribution < 1.29 is 0 Å². The van der Waals surface area contributed by atoms with E-state index in [1.807, 2.05) is 30.1 Å². The minimum Gasteiger partial charge on any atom is -0.357 e. The molecule has 8 heteroatoms. The molecule has 0 amide bonds. The number of nitrogens with one attached hydrogen (secondary N) is 2. The second-order valence-electron chi connectivity index (χ2n) is 6.93. The second kappa shape index (κ2) is 13.4. The fraction of sp³-hybridized carbons (Fsp3) is 0.409. The number of aliphatic imine (C=N–C) groups is 1. The molecule has 0 saturated heterocycles. The van der Waals surface area contributed by atoms with Crippen molar-refractivity contribution in [1.29, 1.82) is 0 Å². The van der Waals surface area contributed by atoms with E-state index in [4.69, 9.17) is 4.99 Å². The Labute approximate surface area is 200 Å². The molecule has 1 aromatic carbocycles. The summed E-state index contributed by atoms with van der Waals surface area (Å²) in [5, 5.41) is 14.5. The minimum absolute atomic E-state index is 0. The number of halogens is 1. The molecule has 0 aliphatic carbocycles. The molecule has 162 valence electrons. The molecule has 0 aliphatic rings. The number of benzene rings is 1. The molecule has 2 N–H and O–H groups in total. The molecule has 6 nitrogen and oxygen atoms in total. The van der Waals surface area contributed by atoms with Crippen molar-refractivity contribution in [1.82, 2.24) is 25.4 Å². The summed E-state index contributed by atoms with van der Waals surface area (Å²) in [6, 6.07) is 10.4. The maximum atomic E-state index is 4.79. The van der Waals surface area contributed by atoms with Gasteiger partial charge in [-0.15, -0.1) is 35.3 Å². The van der Waals surface area contributed by atoms with Gasteiger partial charge in [0.1, 0.15) is 0 Å². The topological polar surface area (TPSA) is 67.1 Å². The lowest BCUT2D eigenvalue weighted by atomic mass is 10.1. The van der Waals surface area contributed by atoms with E-state index in [2.05, 4.69) is 57.3 Å². The third kappa shape index (κ3) is 8.06. The quantitative estimate of drug-likeness (QED) is 0.174. The Bertz CT molecular complexity index is 891. The van der Waals surface area contributed by atoms with E-state index in [0.29, 0.717) is 6.54 Å². The Balaban J connectivity index is 0.00000320.